The third-order valence-corrected chi connectivity index (χ3v) is 6.15. The van der Waals surface area contributed by atoms with Crippen molar-refractivity contribution in [1.82, 2.24) is 30.5 Å². The number of amides is 4. The Morgan fingerprint density at radius 1 is 1.28 bits per heavy atom. The number of carbonyl (C=O) groups excluding carboxylic acids is 3. The molecule has 9 nitrogen and oxygen atoms in total. The van der Waals surface area contributed by atoms with E-state index in [0.717, 1.165) is 23.7 Å². The Morgan fingerprint density at radius 2 is 2.00 bits per heavy atom. The number of thioether (sulfide) groups is 1. The summed E-state index contributed by atoms with van der Waals surface area (Å²) in [6, 6.07) is 8.79. The molecule has 2 aliphatic rings. The van der Waals surface area contributed by atoms with Crippen LogP contribution in [0.2, 0.25) is 0 Å². The molecule has 2 aromatic rings. The lowest BCUT2D eigenvalue weighted by Crippen LogP contribution is -2.49. The van der Waals surface area contributed by atoms with Crippen molar-refractivity contribution < 1.29 is 14.4 Å². The van der Waals surface area contributed by atoms with Crippen molar-refractivity contribution in [2.24, 2.45) is 0 Å². The Kier molecular flexibility index (Phi) is 5.03. The maximum absolute atomic E-state index is 13.0. The molecule has 2 heterocycles. The Balaban J connectivity index is 1.43. The second kappa shape index (κ2) is 7.51. The maximum atomic E-state index is 13.0. The quantitative estimate of drug-likeness (QED) is 0.529. The van der Waals surface area contributed by atoms with E-state index < -0.39 is 23.4 Å². The highest BCUT2D eigenvalue weighted by Crippen LogP contribution is 2.38. The molecular weight excluding hydrogens is 392 g/mol. The van der Waals surface area contributed by atoms with E-state index in [1.807, 2.05) is 36.6 Å². The summed E-state index contributed by atoms with van der Waals surface area (Å²) in [5.41, 5.74) is 1.94. The normalized spacial score (nSPS) is 21.4. The summed E-state index contributed by atoms with van der Waals surface area (Å²) in [6.07, 6.45) is 2.53. The second-order valence-electron chi connectivity index (χ2n) is 7.15. The molecule has 10 heteroatoms. The lowest BCUT2D eigenvalue weighted by molar-refractivity contribution is -0.138. The average Bonchev–Trinajstić information content (AvgIpc) is 3.45. The van der Waals surface area contributed by atoms with Gasteiger partial charge in [-0.1, -0.05) is 49.0 Å². The molecule has 29 heavy (non-hydrogen) atoms. The Morgan fingerprint density at radius 3 is 2.66 bits per heavy atom. The molecular formula is C19H22N6O3S. The predicted molar refractivity (Wildman–Crippen MR) is 106 cm³/mol. The summed E-state index contributed by atoms with van der Waals surface area (Å²) >= 11 is 1.24. The van der Waals surface area contributed by atoms with E-state index in [4.69, 9.17) is 0 Å². The van der Waals surface area contributed by atoms with E-state index in [1.54, 1.807) is 12.1 Å². The highest BCUT2D eigenvalue weighted by Gasteiger charge is 2.52. The van der Waals surface area contributed by atoms with Crippen molar-refractivity contribution in [2.45, 2.75) is 49.8 Å². The van der Waals surface area contributed by atoms with Gasteiger partial charge in [-0.3, -0.25) is 15.0 Å². The van der Waals surface area contributed by atoms with Crippen LogP contribution < -0.4 is 10.7 Å². The standard InChI is InChI=1S/C19H22N6O3S/c1-3-19(13-7-5-4-6-8-13)16(27)25(17(28)20-19)23-15(26)11-29-18-22-21-12(2)24(18)14-9-10-14/h4-8,14H,3,9-11H2,1-2H3,(H,20,28)(H,23,26)/t19-/m1/s1. The number of imide groups is 1. The van der Waals surface area contributed by atoms with Crippen LogP contribution in [0.5, 0.6) is 0 Å². The number of nitrogens with one attached hydrogen (secondary N) is 2. The number of aromatic nitrogens is 3. The van der Waals surface area contributed by atoms with Crippen LogP contribution in [0.3, 0.4) is 0 Å². The molecule has 4 rings (SSSR count). The van der Waals surface area contributed by atoms with E-state index in [1.165, 1.54) is 11.8 Å². The number of aryl methyl sites for hydroxylation is 1. The molecule has 1 saturated heterocycles. The Labute approximate surface area is 172 Å². The lowest BCUT2D eigenvalue weighted by atomic mass is 9.87. The molecule has 4 amide bonds. The van der Waals surface area contributed by atoms with Crippen molar-refractivity contribution in [3.63, 3.8) is 0 Å². The van der Waals surface area contributed by atoms with Crippen LogP contribution in [0, 0.1) is 6.92 Å². The van der Waals surface area contributed by atoms with Crippen LogP contribution in [0.4, 0.5) is 4.79 Å². The van der Waals surface area contributed by atoms with Crippen LogP contribution in [0.1, 0.15) is 43.6 Å². The third-order valence-electron chi connectivity index (χ3n) is 5.20. The zero-order valence-electron chi connectivity index (χ0n) is 16.2. The summed E-state index contributed by atoms with van der Waals surface area (Å²) in [4.78, 5) is 37.9. The van der Waals surface area contributed by atoms with E-state index in [9.17, 15) is 14.4 Å². The third kappa shape index (κ3) is 3.48. The van der Waals surface area contributed by atoms with Gasteiger partial charge in [-0.15, -0.1) is 10.2 Å². The summed E-state index contributed by atoms with van der Waals surface area (Å²) < 4.78 is 2.03. The van der Waals surface area contributed by atoms with Gasteiger partial charge in [0.1, 0.15) is 11.4 Å². The monoisotopic (exact) mass is 414 g/mol. The summed E-state index contributed by atoms with van der Waals surface area (Å²) in [7, 11) is 0. The fourth-order valence-electron chi connectivity index (χ4n) is 3.53. The number of hydrazine groups is 1. The molecule has 1 aliphatic carbocycles. The van der Waals surface area contributed by atoms with Gasteiger partial charge < -0.3 is 9.88 Å². The van der Waals surface area contributed by atoms with Crippen molar-refractivity contribution in [2.75, 3.05) is 5.75 Å². The van der Waals surface area contributed by atoms with Crippen LogP contribution >= 0.6 is 11.8 Å². The van der Waals surface area contributed by atoms with Gasteiger partial charge in [0, 0.05) is 6.04 Å². The van der Waals surface area contributed by atoms with Gasteiger partial charge in [0.15, 0.2) is 5.16 Å². The van der Waals surface area contributed by atoms with Crippen LogP contribution in [-0.4, -0.2) is 43.4 Å². The van der Waals surface area contributed by atoms with Gasteiger partial charge in [-0.2, -0.15) is 5.01 Å². The number of hydrogen-bond acceptors (Lipinski definition) is 6. The van der Waals surface area contributed by atoms with E-state index in [0.29, 0.717) is 23.2 Å². The molecule has 2 fully saturated rings. The number of carbonyl (C=O) groups is 3. The smallest absolute Gasteiger partial charge is 0.318 e. The number of nitrogens with zero attached hydrogens (tertiary/aromatic N) is 4. The Hall–Kier alpha value is -2.88. The molecule has 1 aromatic carbocycles. The zero-order chi connectivity index (χ0) is 20.6. The van der Waals surface area contributed by atoms with Crippen LogP contribution in [0.15, 0.2) is 35.5 Å². The van der Waals surface area contributed by atoms with Gasteiger partial charge in [0.05, 0.1) is 5.75 Å². The molecule has 0 unspecified atom stereocenters. The topological polar surface area (TPSA) is 109 Å². The van der Waals surface area contributed by atoms with Crippen molar-refractivity contribution in [3.8, 4) is 0 Å². The van der Waals surface area contributed by atoms with E-state index in [2.05, 4.69) is 20.9 Å². The first-order chi connectivity index (χ1) is 14.0. The van der Waals surface area contributed by atoms with Crippen LogP contribution in [0.25, 0.3) is 0 Å². The summed E-state index contributed by atoms with van der Waals surface area (Å²) in [5.74, 6) is -0.111. The first-order valence-electron chi connectivity index (χ1n) is 9.52. The van der Waals surface area contributed by atoms with Gasteiger partial charge in [-0.25, -0.2) is 4.79 Å². The molecule has 0 radical (unpaired) electrons. The van der Waals surface area contributed by atoms with Gasteiger partial charge >= 0.3 is 6.03 Å². The van der Waals surface area contributed by atoms with Gasteiger partial charge in [0.2, 0.25) is 5.91 Å². The SMILES string of the molecule is CC[C@]1(c2ccccc2)NC(=O)N(NC(=O)CSc2nnc(C)n2C2CC2)C1=O. The van der Waals surface area contributed by atoms with Crippen LogP contribution in [-0.2, 0) is 15.1 Å². The molecule has 152 valence electrons. The molecule has 0 spiro atoms. The average molecular weight is 414 g/mol. The fraction of sp³-hybridized carbons (Fsp3) is 0.421. The number of urea groups is 1. The molecule has 1 saturated carbocycles. The molecule has 0 bridgehead atoms. The maximum Gasteiger partial charge on any atom is 0.344 e. The van der Waals surface area contributed by atoms with Crippen molar-refractivity contribution in [1.29, 1.82) is 0 Å². The van der Waals surface area contributed by atoms with E-state index >= 15 is 0 Å². The highest BCUT2D eigenvalue weighted by atomic mass is 32.2. The largest absolute Gasteiger partial charge is 0.344 e. The van der Waals surface area contributed by atoms with E-state index in [-0.39, 0.29) is 5.75 Å². The number of rotatable bonds is 7. The zero-order valence-corrected chi connectivity index (χ0v) is 17.0. The second-order valence-corrected chi connectivity index (χ2v) is 8.09. The first kappa shape index (κ1) is 19.4. The highest BCUT2D eigenvalue weighted by molar-refractivity contribution is 7.99. The minimum absolute atomic E-state index is 0.0202. The van der Waals surface area contributed by atoms with Gasteiger partial charge in [0.25, 0.3) is 5.91 Å². The number of hydrogen-bond donors (Lipinski definition) is 2. The molecule has 1 aromatic heterocycles. The van der Waals surface area contributed by atoms with Crippen molar-refractivity contribution in [3.05, 3.63) is 41.7 Å². The van der Waals surface area contributed by atoms with Gasteiger partial charge in [-0.05, 0) is 31.7 Å². The molecule has 1 atom stereocenters. The minimum atomic E-state index is -1.18. The number of benzene rings is 1. The predicted octanol–water partition coefficient (Wildman–Crippen LogP) is 1.90. The Bertz CT molecular complexity index is 958. The fourth-order valence-corrected chi connectivity index (χ4v) is 4.37. The minimum Gasteiger partial charge on any atom is -0.318 e. The van der Waals surface area contributed by atoms with Crippen molar-refractivity contribution >= 4 is 29.6 Å². The lowest BCUT2D eigenvalue weighted by Gasteiger charge is -2.25. The summed E-state index contributed by atoms with van der Waals surface area (Å²) in [6.45, 7) is 3.70. The molecule has 2 N–H and O–H groups in total. The molecule has 1 aliphatic heterocycles. The first-order valence-corrected chi connectivity index (χ1v) is 10.5. The summed E-state index contributed by atoms with van der Waals surface area (Å²) in [5, 5.41) is 12.4.